The van der Waals surface area contributed by atoms with Gasteiger partial charge in [-0.3, -0.25) is 9.35 Å². The lowest BCUT2D eigenvalue weighted by molar-refractivity contribution is -0.112. The lowest BCUT2D eigenvalue weighted by Gasteiger charge is -2.35. The van der Waals surface area contributed by atoms with Gasteiger partial charge in [0.1, 0.15) is 11.6 Å². The molecule has 0 aliphatic carbocycles. The summed E-state index contributed by atoms with van der Waals surface area (Å²) in [6, 6.07) is 17.1. The van der Waals surface area contributed by atoms with Crippen LogP contribution in [0.4, 0.5) is 11.4 Å². The Morgan fingerprint density at radius 1 is 1.07 bits per heavy atom. The first kappa shape index (κ1) is 20.4. The second kappa shape index (κ2) is 8.77. The molecule has 1 aliphatic heterocycles. The fourth-order valence-corrected chi connectivity index (χ4v) is 3.53. The molecule has 2 aromatic carbocycles. The van der Waals surface area contributed by atoms with Crippen molar-refractivity contribution in [3.05, 3.63) is 66.4 Å². The summed E-state index contributed by atoms with van der Waals surface area (Å²) in [4.78, 5) is 16.2. The van der Waals surface area contributed by atoms with Crippen LogP contribution in [0.25, 0.3) is 0 Å². The number of nitriles is 1. The van der Waals surface area contributed by atoms with Crippen molar-refractivity contribution >= 4 is 27.4 Å². The molecular weight excluding hydrogens is 392 g/mol. The number of carbonyl (C=O) groups is 1. The number of piperazine rings is 1. The zero-order valence-electron chi connectivity index (χ0n) is 15.5. The molecule has 0 radical (unpaired) electrons. The summed E-state index contributed by atoms with van der Waals surface area (Å²) < 4.78 is 31.6. The number of hydrogen-bond acceptors (Lipinski definition) is 6. The van der Waals surface area contributed by atoms with E-state index >= 15 is 0 Å². The highest BCUT2D eigenvalue weighted by atomic mass is 32.2. The van der Waals surface area contributed by atoms with Crippen LogP contribution < -0.4 is 10.2 Å². The van der Waals surface area contributed by atoms with Crippen LogP contribution in [0.3, 0.4) is 0 Å². The molecule has 0 spiro atoms. The van der Waals surface area contributed by atoms with Crippen molar-refractivity contribution in [3.63, 3.8) is 0 Å². The number of amides is 1. The first-order valence-electron chi connectivity index (χ1n) is 8.92. The van der Waals surface area contributed by atoms with Gasteiger partial charge < -0.3 is 15.1 Å². The van der Waals surface area contributed by atoms with E-state index in [1.54, 1.807) is 0 Å². The van der Waals surface area contributed by atoms with Crippen LogP contribution in [0.2, 0.25) is 0 Å². The van der Waals surface area contributed by atoms with Crippen LogP contribution in [0, 0.1) is 11.3 Å². The molecule has 2 aromatic rings. The largest absolute Gasteiger partial charge is 0.373 e. The minimum Gasteiger partial charge on any atom is -0.373 e. The van der Waals surface area contributed by atoms with E-state index in [1.807, 2.05) is 41.3 Å². The third-order valence-corrected chi connectivity index (χ3v) is 5.35. The van der Waals surface area contributed by atoms with Gasteiger partial charge >= 0.3 is 0 Å². The summed E-state index contributed by atoms with van der Waals surface area (Å²) in [5, 5.41) is 11.9. The molecule has 0 atom stereocenters. The van der Waals surface area contributed by atoms with E-state index in [0.717, 1.165) is 24.8 Å². The number of benzene rings is 2. The maximum atomic E-state index is 12.4. The molecule has 0 unspecified atom stereocenters. The van der Waals surface area contributed by atoms with E-state index in [9.17, 15) is 18.5 Å². The molecule has 3 rings (SSSR count). The molecule has 1 heterocycles. The van der Waals surface area contributed by atoms with Crippen molar-refractivity contribution < 1.29 is 17.8 Å². The topological polar surface area (TPSA) is 114 Å². The Bertz CT molecular complexity index is 1050. The molecule has 1 saturated heterocycles. The van der Waals surface area contributed by atoms with Crippen molar-refractivity contribution in [3.8, 4) is 6.07 Å². The van der Waals surface area contributed by atoms with Crippen molar-refractivity contribution in [2.45, 2.75) is 4.90 Å². The van der Waals surface area contributed by atoms with Gasteiger partial charge in [-0.25, -0.2) is 0 Å². The van der Waals surface area contributed by atoms with Crippen LogP contribution in [0.15, 0.2) is 71.3 Å². The molecule has 9 heteroatoms. The highest BCUT2D eigenvalue weighted by Crippen LogP contribution is 2.18. The quantitative estimate of drug-likeness (QED) is 0.439. The molecule has 29 heavy (non-hydrogen) atoms. The van der Waals surface area contributed by atoms with Crippen LogP contribution >= 0.6 is 0 Å². The lowest BCUT2D eigenvalue weighted by atomic mass is 10.2. The Morgan fingerprint density at radius 3 is 2.38 bits per heavy atom. The fourth-order valence-electron chi connectivity index (χ4n) is 3.00. The Balaban J connectivity index is 1.65. The first-order chi connectivity index (χ1) is 13.9. The van der Waals surface area contributed by atoms with Gasteiger partial charge in [0.2, 0.25) is 0 Å². The highest BCUT2D eigenvalue weighted by molar-refractivity contribution is 7.85. The van der Waals surface area contributed by atoms with Gasteiger partial charge in [0, 0.05) is 43.8 Å². The van der Waals surface area contributed by atoms with Gasteiger partial charge in [-0.15, -0.1) is 0 Å². The third kappa shape index (κ3) is 5.34. The van der Waals surface area contributed by atoms with E-state index in [1.165, 1.54) is 24.4 Å². The minimum absolute atomic E-state index is 0.0876. The van der Waals surface area contributed by atoms with Gasteiger partial charge in [0.05, 0.1) is 4.90 Å². The maximum absolute atomic E-state index is 12.4. The van der Waals surface area contributed by atoms with Crippen molar-refractivity contribution in [1.82, 2.24) is 4.90 Å². The Hall–Kier alpha value is -3.35. The van der Waals surface area contributed by atoms with Crippen molar-refractivity contribution in [2.75, 3.05) is 36.4 Å². The average Bonchev–Trinajstić information content (AvgIpc) is 2.72. The minimum atomic E-state index is -4.38. The second-order valence-corrected chi connectivity index (χ2v) is 7.89. The summed E-state index contributed by atoms with van der Waals surface area (Å²) in [6.45, 7) is 2.84. The van der Waals surface area contributed by atoms with Crippen molar-refractivity contribution in [1.29, 1.82) is 5.26 Å². The van der Waals surface area contributed by atoms with Gasteiger partial charge in [-0.2, -0.15) is 13.7 Å². The van der Waals surface area contributed by atoms with Gasteiger partial charge in [-0.05, 0) is 30.3 Å². The molecule has 0 bridgehead atoms. The number of rotatable bonds is 5. The lowest BCUT2D eigenvalue weighted by Crippen LogP contribution is -2.44. The number of nitrogens with one attached hydrogen (secondary N) is 1. The summed E-state index contributed by atoms with van der Waals surface area (Å²) in [7, 11) is -4.38. The number of anilines is 2. The van der Waals surface area contributed by atoms with E-state index < -0.39 is 16.0 Å². The van der Waals surface area contributed by atoms with Crippen LogP contribution in [-0.4, -0.2) is 50.0 Å². The summed E-state index contributed by atoms with van der Waals surface area (Å²) in [5.74, 6) is -0.648. The third-order valence-electron chi connectivity index (χ3n) is 4.50. The van der Waals surface area contributed by atoms with Gasteiger partial charge in [-0.1, -0.05) is 24.3 Å². The van der Waals surface area contributed by atoms with E-state index in [-0.39, 0.29) is 16.2 Å². The molecule has 0 saturated carbocycles. The van der Waals surface area contributed by atoms with E-state index in [2.05, 4.69) is 10.2 Å². The summed E-state index contributed by atoms with van der Waals surface area (Å²) >= 11 is 0. The maximum Gasteiger partial charge on any atom is 0.294 e. The molecule has 0 aromatic heterocycles. The molecule has 150 valence electrons. The standard InChI is InChI=1S/C20H20N4O4S/c21-14-16(20(25)22-17-5-4-8-19(13-17)29(26,27)28)15-23-9-11-24(12-10-23)18-6-2-1-3-7-18/h1-8,13,15H,9-12H2,(H,22,25)(H,26,27,28)/b16-15-. The van der Waals surface area contributed by atoms with Gasteiger partial charge in [0.15, 0.2) is 0 Å². The number of hydrogen-bond donors (Lipinski definition) is 2. The Labute approximate surface area is 169 Å². The Morgan fingerprint density at radius 2 is 1.76 bits per heavy atom. The molecule has 1 aliphatic rings. The summed E-state index contributed by atoms with van der Waals surface area (Å²) in [6.07, 6.45) is 1.52. The first-order valence-corrected chi connectivity index (χ1v) is 10.4. The summed E-state index contributed by atoms with van der Waals surface area (Å²) in [5.41, 5.74) is 1.21. The predicted molar refractivity (Wildman–Crippen MR) is 109 cm³/mol. The zero-order valence-corrected chi connectivity index (χ0v) is 16.3. The van der Waals surface area contributed by atoms with E-state index in [0.29, 0.717) is 13.1 Å². The number of para-hydroxylation sites is 1. The van der Waals surface area contributed by atoms with Crippen LogP contribution in [0.5, 0.6) is 0 Å². The molecule has 2 N–H and O–H groups in total. The van der Waals surface area contributed by atoms with Crippen LogP contribution in [0.1, 0.15) is 0 Å². The Kier molecular flexibility index (Phi) is 6.16. The molecule has 8 nitrogen and oxygen atoms in total. The predicted octanol–water partition coefficient (Wildman–Crippen LogP) is 2.10. The fraction of sp³-hybridized carbons (Fsp3) is 0.200. The molecule has 1 amide bonds. The smallest absolute Gasteiger partial charge is 0.294 e. The average molecular weight is 412 g/mol. The SMILES string of the molecule is N#C/C(=C/N1CCN(c2ccccc2)CC1)C(=O)Nc1cccc(S(=O)(=O)O)c1. The number of nitrogens with zero attached hydrogens (tertiary/aromatic N) is 3. The highest BCUT2D eigenvalue weighted by Gasteiger charge is 2.18. The van der Waals surface area contributed by atoms with Crippen LogP contribution in [-0.2, 0) is 14.9 Å². The normalized spacial score (nSPS) is 15.0. The molecule has 1 fully saturated rings. The molecular formula is C20H20N4O4S. The zero-order chi connectivity index (χ0) is 20.9. The van der Waals surface area contributed by atoms with E-state index in [4.69, 9.17) is 4.55 Å². The number of carbonyl (C=O) groups excluding carboxylic acids is 1. The van der Waals surface area contributed by atoms with Crippen molar-refractivity contribution in [2.24, 2.45) is 0 Å². The monoisotopic (exact) mass is 412 g/mol. The van der Waals surface area contributed by atoms with Gasteiger partial charge in [0.25, 0.3) is 16.0 Å². The second-order valence-electron chi connectivity index (χ2n) is 6.47.